The van der Waals surface area contributed by atoms with Crippen LogP contribution in [-0.2, 0) is 28.6 Å². The van der Waals surface area contributed by atoms with E-state index >= 15 is 0 Å². The van der Waals surface area contributed by atoms with Crippen LogP contribution in [0.1, 0.15) is 124 Å². The first kappa shape index (κ1) is 31.1. The Hall–Kier alpha value is -1.85. The average molecular weight is 469 g/mol. The van der Waals surface area contributed by atoms with Gasteiger partial charge < -0.3 is 14.2 Å². The smallest absolute Gasteiger partial charge is 0.306 e. The van der Waals surface area contributed by atoms with Crippen LogP contribution in [0.5, 0.6) is 0 Å². The van der Waals surface area contributed by atoms with E-state index in [1.165, 1.54) is 57.8 Å². The number of unbranched alkanes of at least 4 members (excludes halogenated alkanes) is 11. The number of carbonyl (C=O) groups is 3. The third-order valence-corrected chi connectivity index (χ3v) is 5.38. The summed E-state index contributed by atoms with van der Waals surface area (Å²) in [6, 6.07) is 0. The fourth-order valence-corrected chi connectivity index (χ4v) is 3.28. The van der Waals surface area contributed by atoms with Crippen molar-refractivity contribution in [3.05, 3.63) is 12.2 Å². The lowest BCUT2D eigenvalue weighted by Crippen LogP contribution is -2.30. The highest BCUT2D eigenvalue weighted by Crippen LogP contribution is 2.11. The topological polar surface area (TPSA) is 78.9 Å². The van der Waals surface area contributed by atoms with Gasteiger partial charge in [-0.1, -0.05) is 84.3 Å². The minimum atomic E-state index is -0.758. The lowest BCUT2D eigenvalue weighted by atomic mass is 10.1. The molecule has 0 N–H and O–H groups in total. The zero-order chi connectivity index (χ0) is 24.6. The van der Waals surface area contributed by atoms with Crippen molar-refractivity contribution < 1.29 is 28.6 Å². The predicted octanol–water partition coefficient (Wildman–Crippen LogP) is 6.84. The van der Waals surface area contributed by atoms with Crippen molar-refractivity contribution in [2.24, 2.45) is 0 Å². The van der Waals surface area contributed by atoms with E-state index in [1.54, 1.807) is 13.8 Å². The van der Waals surface area contributed by atoms with Crippen LogP contribution >= 0.6 is 0 Å². The maximum atomic E-state index is 12.1. The van der Waals surface area contributed by atoms with Gasteiger partial charge in [0.25, 0.3) is 0 Å². The molecule has 0 aromatic rings. The second kappa shape index (κ2) is 23.3. The second-order valence-electron chi connectivity index (χ2n) is 8.52. The molecule has 192 valence electrons. The monoisotopic (exact) mass is 468 g/mol. The summed E-state index contributed by atoms with van der Waals surface area (Å²) in [6.07, 6.45) is 20.3. The van der Waals surface area contributed by atoms with Gasteiger partial charge in [0.15, 0.2) is 6.10 Å². The van der Waals surface area contributed by atoms with Crippen molar-refractivity contribution in [3.63, 3.8) is 0 Å². The zero-order valence-electron chi connectivity index (χ0n) is 21.4. The molecule has 0 heterocycles. The van der Waals surface area contributed by atoms with Gasteiger partial charge >= 0.3 is 17.9 Å². The Kier molecular flexibility index (Phi) is 22.0. The van der Waals surface area contributed by atoms with E-state index in [9.17, 15) is 14.4 Å². The molecule has 6 nitrogen and oxygen atoms in total. The Morgan fingerprint density at radius 3 is 1.55 bits per heavy atom. The third-order valence-electron chi connectivity index (χ3n) is 5.38. The molecule has 0 rings (SSSR count). The van der Waals surface area contributed by atoms with E-state index in [0.717, 1.165) is 25.7 Å². The van der Waals surface area contributed by atoms with Crippen LogP contribution in [-0.4, -0.2) is 37.2 Å². The molecule has 0 aromatic heterocycles. The van der Waals surface area contributed by atoms with Crippen LogP contribution < -0.4 is 0 Å². The van der Waals surface area contributed by atoms with Gasteiger partial charge in [0.2, 0.25) is 0 Å². The summed E-state index contributed by atoms with van der Waals surface area (Å²) in [5, 5.41) is 0. The highest BCUT2D eigenvalue weighted by molar-refractivity contribution is 5.70. The van der Waals surface area contributed by atoms with Crippen molar-refractivity contribution in [1.82, 2.24) is 0 Å². The Bertz CT molecular complexity index is 509. The van der Waals surface area contributed by atoms with Gasteiger partial charge in [0.1, 0.15) is 13.2 Å². The summed E-state index contributed by atoms with van der Waals surface area (Å²) < 4.78 is 15.4. The molecular formula is C27H48O6. The quantitative estimate of drug-likeness (QED) is 0.0749. The molecule has 0 amide bonds. The Morgan fingerprint density at radius 2 is 1.06 bits per heavy atom. The number of hydrogen-bond acceptors (Lipinski definition) is 6. The average Bonchev–Trinajstić information content (AvgIpc) is 2.82. The molecule has 0 bridgehead atoms. The molecule has 0 aliphatic heterocycles. The molecule has 6 heteroatoms. The second-order valence-corrected chi connectivity index (χ2v) is 8.52. The number of ether oxygens (including phenoxy) is 3. The summed E-state index contributed by atoms with van der Waals surface area (Å²) in [7, 11) is 0. The van der Waals surface area contributed by atoms with Gasteiger partial charge in [0.05, 0.1) is 0 Å². The van der Waals surface area contributed by atoms with Crippen molar-refractivity contribution in [1.29, 1.82) is 0 Å². The van der Waals surface area contributed by atoms with Crippen LogP contribution in [0.25, 0.3) is 0 Å². The van der Waals surface area contributed by atoms with E-state index < -0.39 is 6.10 Å². The van der Waals surface area contributed by atoms with Gasteiger partial charge in [-0.2, -0.15) is 0 Å². The van der Waals surface area contributed by atoms with Crippen molar-refractivity contribution >= 4 is 17.9 Å². The van der Waals surface area contributed by atoms with Gasteiger partial charge in [0, 0.05) is 19.3 Å². The van der Waals surface area contributed by atoms with Gasteiger partial charge in [-0.15, -0.1) is 0 Å². The Morgan fingerprint density at radius 1 is 0.606 bits per heavy atom. The van der Waals surface area contributed by atoms with Crippen molar-refractivity contribution in [2.45, 2.75) is 130 Å². The van der Waals surface area contributed by atoms with Crippen LogP contribution in [0.4, 0.5) is 0 Å². The van der Waals surface area contributed by atoms with Crippen LogP contribution in [0, 0.1) is 0 Å². The van der Waals surface area contributed by atoms with Gasteiger partial charge in [-0.25, -0.2) is 0 Å². The lowest BCUT2D eigenvalue weighted by Gasteiger charge is -2.18. The van der Waals surface area contributed by atoms with Crippen LogP contribution in [0.2, 0.25) is 0 Å². The first-order valence-electron chi connectivity index (χ1n) is 13.2. The first-order valence-corrected chi connectivity index (χ1v) is 13.2. The predicted molar refractivity (Wildman–Crippen MR) is 132 cm³/mol. The molecule has 0 spiro atoms. The third kappa shape index (κ3) is 21.7. The summed E-state index contributed by atoms with van der Waals surface area (Å²) in [5.41, 5.74) is 0. The molecule has 0 saturated heterocycles. The molecule has 0 saturated carbocycles. The molecular weight excluding hydrogens is 420 g/mol. The standard InChI is InChI=1S/C27H48O6/c1-4-7-8-9-10-11-12-13-14-15-16-17-18-19-20-21-27(30)33-24(22-31-25(28)5-2)23-32-26(29)6-3/h13-14,24H,4-12,15-23H2,1-3H3/b14-13-. The number of allylic oxidation sites excluding steroid dienone is 2. The molecule has 0 atom stereocenters. The molecule has 0 aliphatic carbocycles. The minimum absolute atomic E-state index is 0.0955. The Labute approximate surface area is 201 Å². The molecule has 0 radical (unpaired) electrons. The summed E-state index contributed by atoms with van der Waals surface area (Å²) >= 11 is 0. The van der Waals surface area contributed by atoms with E-state index in [4.69, 9.17) is 14.2 Å². The number of hydrogen-bond donors (Lipinski definition) is 0. The highest BCUT2D eigenvalue weighted by atomic mass is 16.6. The minimum Gasteiger partial charge on any atom is -0.462 e. The molecule has 0 unspecified atom stereocenters. The molecule has 0 aliphatic rings. The summed E-state index contributed by atoms with van der Waals surface area (Å²) in [4.78, 5) is 34.8. The van der Waals surface area contributed by atoms with E-state index in [-0.39, 0.29) is 44.0 Å². The zero-order valence-corrected chi connectivity index (χ0v) is 21.4. The van der Waals surface area contributed by atoms with E-state index in [2.05, 4.69) is 19.1 Å². The van der Waals surface area contributed by atoms with Gasteiger partial charge in [-0.3, -0.25) is 14.4 Å². The van der Waals surface area contributed by atoms with Crippen LogP contribution in [0.3, 0.4) is 0 Å². The fraction of sp³-hybridized carbons (Fsp3) is 0.815. The summed E-state index contributed by atoms with van der Waals surface area (Å²) in [6.45, 7) is 5.43. The fourth-order valence-electron chi connectivity index (χ4n) is 3.28. The van der Waals surface area contributed by atoms with Gasteiger partial charge in [-0.05, 0) is 32.1 Å². The maximum Gasteiger partial charge on any atom is 0.306 e. The van der Waals surface area contributed by atoms with Crippen LogP contribution in [0.15, 0.2) is 12.2 Å². The Balaban J connectivity index is 3.79. The molecule has 33 heavy (non-hydrogen) atoms. The van der Waals surface area contributed by atoms with E-state index in [0.29, 0.717) is 6.42 Å². The van der Waals surface area contributed by atoms with E-state index in [1.807, 2.05) is 0 Å². The number of esters is 3. The SMILES string of the molecule is CCCCCCCC/C=C\CCCCCCCC(=O)OC(COC(=O)CC)COC(=O)CC. The van der Waals surface area contributed by atoms with Crippen molar-refractivity contribution in [2.75, 3.05) is 13.2 Å². The number of carbonyl (C=O) groups excluding carboxylic acids is 3. The number of rotatable bonds is 22. The van der Waals surface area contributed by atoms with Crippen molar-refractivity contribution in [3.8, 4) is 0 Å². The lowest BCUT2D eigenvalue weighted by molar-refractivity contribution is -0.166. The summed E-state index contributed by atoms with van der Waals surface area (Å²) in [5.74, 6) is -1.11. The largest absolute Gasteiger partial charge is 0.462 e. The highest BCUT2D eigenvalue weighted by Gasteiger charge is 2.18. The maximum absolute atomic E-state index is 12.1. The first-order chi connectivity index (χ1) is 16.0. The molecule has 0 aromatic carbocycles. The molecule has 0 fully saturated rings. The normalized spacial score (nSPS) is 11.2.